The third-order valence-corrected chi connectivity index (χ3v) is 3.92. The molecule has 3 atom stereocenters. The first-order valence-electron chi connectivity index (χ1n) is 7.05. The van der Waals surface area contributed by atoms with Crippen LogP contribution in [0.5, 0.6) is 0 Å². The van der Waals surface area contributed by atoms with E-state index >= 15 is 0 Å². The first-order chi connectivity index (χ1) is 9.95. The van der Waals surface area contributed by atoms with Gasteiger partial charge < -0.3 is 5.73 Å². The maximum absolute atomic E-state index is 14.1. The van der Waals surface area contributed by atoms with E-state index in [0.29, 0.717) is 12.0 Å². The number of halogens is 1. The predicted octanol–water partition coefficient (Wildman–Crippen LogP) is 0.951. The van der Waals surface area contributed by atoms with E-state index in [1.165, 1.54) is 6.07 Å². The zero-order valence-corrected chi connectivity index (χ0v) is 12.2. The van der Waals surface area contributed by atoms with Crippen molar-refractivity contribution < 1.29 is 14.0 Å². The average molecular weight is 293 g/mol. The molecule has 6 heteroatoms. The van der Waals surface area contributed by atoms with E-state index in [9.17, 15) is 14.0 Å². The van der Waals surface area contributed by atoms with E-state index < -0.39 is 12.1 Å². The highest BCUT2D eigenvalue weighted by molar-refractivity contribution is 6.00. The fourth-order valence-electron chi connectivity index (χ4n) is 2.67. The number of hydrogen-bond acceptors (Lipinski definition) is 4. The number of benzene rings is 1. The highest BCUT2D eigenvalue weighted by Gasteiger charge is 2.38. The topological polar surface area (TPSA) is 75.4 Å². The Morgan fingerprint density at radius 3 is 2.71 bits per heavy atom. The minimum atomic E-state index is -0.537. The smallest absolute Gasteiger partial charge is 0.243 e. The van der Waals surface area contributed by atoms with Gasteiger partial charge >= 0.3 is 0 Å². The number of hydrogen-bond donors (Lipinski definition) is 2. The Morgan fingerprint density at radius 1 is 1.43 bits per heavy atom. The lowest BCUT2D eigenvalue weighted by Crippen LogP contribution is -2.60. The molecule has 0 saturated carbocycles. The number of nitrogens with two attached hydrogens (primary N) is 1. The Kier molecular flexibility index (Phi) is 4.69. The Labute approximate surface area is 123 Å². The number of imide groups is 1. The van der Waals surface area contributed by atoms with Gasteiger partial charge in [-0.3, -0.25) is 19.8 Å². The Bertz CT molecular complexity index is 549. The first-order valence-corrected chi connectivity index (χ1v) is 7.05. The van der Waals surface area contributed by atoms with Gasteiger partial charge in [0, 0.05) is 11.6 Å². The minimum Gasteiger partial charge on any atom is -0.326 e. The minimum absolute atomic E-state index is 0.0274. The summed E-state index contributed by atoms with van der Waals surface area (Å²) in [7, 11) is 0. The van der Waals surface area contributed by atoms with Crippen molar-refractivity contribution in [2.75, 3.05) is 6.54 Å². The zero-order valence-electron chi connectivity index (χ0n) is 12.2. The largest absolute Gasteiger partial charge is 0.326 e. The molecule has 1 aliphatic rings. The quantitative estimate of drug-likeness (QED) is 0.811. The van der Waals surface area contributed by atoms with Gasteiger partial charge in [-0.05, 0) is 19.4 Å². The second-order valence-electron chi connectivity index (χ2n) is 5.30. The van der Waals surface area contributed by atoms with Crippen LogP contribution in [-0.2, 0) is 9.59 Å². The van der Waals surface area contributed by atoms with Crippen molar-refractivity contribution in [3.8, 4) is 0 Å². The monoisotopic (exact) mass is 293 g/mol. The molecule has 1 aromatic carbocycles. The van der Waals surface area contributed by atoms with Crippen LogP contribution in [0.3, 0.4) is 0 Å². The summed E-state index contributed by atoms with van der Waals surface area (Å²) < 4.78 is 14.1. The fourth-order valence-corrected chi connectivity index (χ4v) is 2.67. The molecule has 3 unspecified atom stereocenters. The van der Waals surface area contributed by atoms with Crippen molar-refractivity contribution in [3.63, 3.8) is 0 Å². The van der Waals surface area contributed by atoms with Crippen LogP contribution in [0.2, 0.25) is 0 Å². The van der Waals surface area contributed by atoms with Gasteiger partial charge in [0.25, 0.3) is 0 Å². The van der Waals surface area contributed by atoms with Crippen molar-refractivity contribution in [2.45, 2.75) is 38.4 Å². The molecule has 0 bridgehead atoms. The molecule has 5 nitrogen and oxygen atoms in total. The number of carbonyl (C=O) groups excluding carboxylic acids is 2. The van der Waals surface area contributed by atoms with Gasteiger partial charge in [-0.1, -0.05) is 25.1 Å². The van der Waals surface area contributed by atoms with E-state index in [1.54, 1.807) is 30.0 Å². The number of piperazine rings is 1. The van der Waals surface area contributed by atoms with Crippen molar-refractivity contribution in [1.29, 1.82) is 0 Å². The summed E-state index contributed by atoms with van der Waals surface area (Å²) in [5.41, 5.74) is 6.57. The van der Waals surface area contributed by atoms with E-state index in [2.05, 4.69) is 5.32 Å². The summed E-state index contributed by atoms with van der Waals surface area (Å²) in [5, 5.41) is 2.28. The molecule has 1 aliphatic heterocycles. The summed E-state index contributed by atoms with van der Waals surface area (Å²) in [4.78, 5) is 25.2. The van der Waals surface area contributed by atoms with Crippen molar-refractivity contribution in [1.82, 2.24) is 10.2 Å². The molecule has 0 aromatic heterocycles. The molecule has 1 aromatic rings. The second-order valence-corrected chi connectivity index (χ2v) is 5.30. The van der Waals surface area contributed by atoms with E-state index in [-0.39, 0.29) is 30.2 Å². The molecule has 3 N–H and O–H groups in total. The van der Waals surface area contributed by atoms with E-state index in [0.717, 1.165) is 0 Å². The average Bonchev–Trinajstić information content (AvgIpc) is 2.45. The summed E-state index contributed by atoms with van der Waals surface area (Å²) in [6.07, 6.45) is 0.609. The highest BCUT2D eigenvalue weighted by atomic mass is 19.1. The van der Waals surface area contributed by atoms with Gasteiger partial charge in [-0.15, -0.1) is 0 Å². The number of nitrogens with one attached hydrogen (secondary N) is 1. The Balaban J connectivity index is 2.43. The molecule has 0 spiro atoms. The van der Waals surface area contributed by atoms with Crippen LogP contribution < -0.4 is 11.1 Å². The Morgan fingerprint density at radius 2 is 2.10 bits per heavy atom. The number of rotatable bonds is 4. The molecule has 114 valence electrons. The lowest BCUT2D eigenvalue weighted by molar-refractivity contribution is -0.141. The van der Waals surface area contributed by atoms with Gasteiger partial charge in [-0.2, -0.15) is 0 Å². The second kappa shape index (κ2) is 6.32. The van der Waals surface area contributed by atoms with Crippen LogP contribution in [0.4, 0.5) is 4.39 Å². The molecule has 1 saturated heterocycles. The van der Waals surface area contributed by atoms with Crippen LogP contribution in [-0.4, -0.2) is 35.3 Å². The molecule has 1 fully saturated rings. The van der Waals surface area contributed by atoms with Gasteiger partial charge in [0.05, 0.1) is 18.6 Å². The summed E-state index contributed by atoms with van der Waals surface area (Å²) >= 11 is 0. The van der Waals surface area contributed by atoms with Crippen molar-refractivity contribution in [2.24, 2.45) is 5.73 Å². The highest BCUT2D eigenvalue weighted by Crippen LogP contribution is 2.29. The molecule has 0 aliphatic carbocycles. The van der Waals surface area contributed by atoms with Crippen LogP contribution in [0.1, 0.15) is 31.9 Å². The van der Waals surface area contributed by atoms with Crippen molar-refractivity contribution in [3.05, 3.63) is 35.6 Å². The molecule has 2 rings (SSSR count). The number of carbonyl (C=O) groups is 2. The Hall–Kier alpha value is -1.79. The number of nitrogens with zero attached hydrogens (tertiary/aromatic N) is 1. The first kappa shape index (κ1) is 15.6. The van der Waals surface area contributed by atoms with Crippen LogP contribution in [0, 0.1) is 5.82 Å². The van der Waals surface area contributed by atoms with Crippen LogP contribution in [0.15, 0.2) is 24.3 Å². The normalized spacial score (nSPS) is 22.8. The molecule has 2 amide bonds. The molecular weight excluding hydrogens is 273 g/mol. The maximum atomic E-state index is 14.1. The van der Waals surface area contributed by atoms with E-state index in [4.69, 9.17) is 5.73 Å². The van der Waals surface area contributed by atoms with E-state index in [1.807, 2.05) is 6.92 Å². The predicted molar refractivity (Wildman–Crippen MR) is 76.7 cm³/mol. The van der Waals surface area contributed by atoms with Gasteiger partial charge in [0.1, 0.15) is 5.82 Å². The zero-order chi connectivity index (χ0) is 15.6. The fraction of sp³-hybridized carbons (Fsp3) is 0.467. The summed E-state index contributed by atoms with van der Waals surface area (Å²) in [5.74, 6) is -1.14. The lowest BCUT2D eigenvalue weighted by atomic mass is 9.93. The summed E-state index contributed by atoms with van der Waals surface area (Å²) in [6, 6.07) is 4.92. The van der Waals surface area contributed by atoms with Gasteiger partial charge in [-0.25, -0.2) is 4.39 Å². The lowest BCUT2D eigenvalue weighted by Gasteiger charge is -2.40. The SMILES string of the molecule is CCC(N)C(c1ccccc1F)N1CC(=O)NC(=O)C1C. The summed E-state index contributed by atoms with van der Waals surface area (Å²) in [6.45, 7) is 3.62. The van der Waals surface area contributed by atoms with Crippen LogP contribution >= 0.6 is 0 Å². The van der Waals surface area contributed by atoms with Crippen LogP contribution in [0.25, 0.3) is 0 Å². The standard InChI is InChI=1S/C15H20FN3O2/c1-3-12(17)14(10-6-4-5-7-11(10)16)19-8-13(20)18-15(21)9(19)2/h4-7,9,12,14H,3,8,17H2,1-2H3,(H,18,20,21). The molecule has 1 heterocycles. The maximum Gasteiger partial charge on any atom is 0.243 e. The van der Waals surface area contributed by atoms with Crippen molar-refractivity contribution >= 4 is 11.8 Å². The van der Waals surface area contributed by atoms with Gasteiger partial charge in [0.2, 0.25) is 11.8 Å². The number of amides is 2. The molecular formula is C15H20FN3O2. The third-order valence-electron chi connectivity index (χ3n) is 3.92. The molecule has 21 heavy (non-hydrogen) atoms. The molecule has 0 radical (unpaired) electrons. The third kappa shape index (κ3) is 3.11. The van der Waals surface area contributed by atoms with Gasteiger partial charge in [0.15, 0.2) is 0 Å².